The van der Waals surface area contributed by atoms with Gasteiger partial charge in [-0.2, -0.15) is 10.2 Å². The Hall–Kier alpha value is -2.69. The molecule has 0 aliphatic heterocycles. The van der Waals surface area contributed by atoms with Crippen LogP contribution in [0.4, 0.5) is 0 Å². The number of aromatic nitrogens is 4. The van der Waals surface area contributed by atoms with Crippen LogP contribution in [0.1, 0.15) is 79.5 Å². The monoisotopic (exact) mass is 404 g/mol. The van der Waals surface area contributed by atoms with E-state index < -0.39 is 0 Å². The predicted molar refractivity (Wildman–Crippen MR) is 120 cm³/mol. The summed E-state index contributed by atoms with van der Waals surface area (Å²) in [4.78, 5) is 12.1. The van der Waals surface area contributed by atoms with Gasteiger partial charge in [0, 0.05) is 28.9 Å². The zero-order valence-corrected chi connectivity index (χ0v) is 18.3. The van der Waals surface area contributed by atoms with Crippen molar-refractivity contribution >= 4 is 5.78 Å². The Bertz CT molecular complexity index is 1010. The Morgan fingerprint density at radius 3 is 2.53 bits per heavy atom. The molecule has 2 aliphatic rings. The van der Waals surface area contributed by atoms with Crippen molar-refractivity contribution in [2.75, 3.05) is 0 Å². The number of nitrogens with one attached hydrogen (secondary N) is 2. The molecule has 0 unspecified atom stereocenters. The van der Waals surface area contributed by atoms with E-state index in [-0.39, 0.29) is 11.2 Å². The average molecular weight is 405 g/mol. The molecule has 0 atom stereocenters. The van der Waals surface area contributed by atoms with Crippen LogP contribution < -0.4 is 0 Å². The maximum absolute atomic E-state index is 12.1. The molecule has 0 fully saturated rings. The zero-order valence-electron chi connectivity index (χ0n) is 18.3. The second kappa shape index (κ2) is 8.58. The molecule has 2 aliphatic carbocycles. The molecule has 0 radical (unpaired) electrons. The van der Waals surface area contributed by atoms with E-state index in [2.05, 4.69) is 65.4 Å². The Labute approximate surface area is 178 Å². The largest absolute Gasteiger partial charge is 0.294 e. The standard InChI is InChI=1S/C13H20N2O.C12H12N2/c1-4-5-6-9-12-10(15-14-9)7-13(2,3)8-11(12)16;1-2-5-9(6-3-1)12-10-7-4-8-11(10)13-14-12/h4-8H2,1-3H3,(H,14,15);1-3,5-6H,4,7-8H2,(H,13,14). The van der Waals surface area contributed by atoms with E-state index >= 15 is 0 Å². The fourth-order valence-corrected chi connectivity index (χ4v) is 4.62. The van der Waals surface area contributed by atoms with Gasteiger partial charge in [-0.25, -0.2) is 0 Å². The van der Waals surface area contributed by atoms with Crippen molar-refractivity contribution in [3.8, 4) is 11.3 Å². The van der Waals surface area contributed by atoms with E-state index in [0.717, 1.165) is 54.7 Å². The summed E-state index contributed by atoms with van der Waals surface area (Å²) in [7, 11) is 0. The van der Waals surface area contributed by atoms with E-state index in [0.29, 0.717) is 6.42 Å². The highest BCUT2D eigenvalue weighted by Gasteiger charge is 2.34. The Balaban J connectivity index is 0.000000146. The van der Waals surface area contributed by atoms with Gasteiger partial charge in [-0.15, -0.1) is 0 Å². The highest BCUT2D eigenvalue weighted by Crippen LogP contribution is 2.35. The first kappa shape index (κ1) is 20.6. The third kappa shape index (κ3) is 4.25. The van der Waals surface area contributed by atoms with E-state index in [4.69, 9.17) is 0 Å². The van der Waals surface area contributed by atoms with Gasteiger partial charge in [0.2, 0.25) is 0 Å². The number of aryl methyl sites for hydroxylation is 2. The number of hydrogen-bond donors (Lipinski definition) is 2. The number of H-pyrrole nitrogens is 2. The average Bonchev–Trinajstić information content (AvgIpc) is 3.42. The van der Waals surface area contributed by atoms with E-state index in [1.54, 1.807) is 0 Å². The van der Waals surface area contributed by atoms with Crippen LogP contribution >= 0.6 is 0 Å². The molecule has 5 nitrogen and oxygen atoms in total. The van der Waals surface area contributed by atoms with E-state index in [9.17, 15) is 4.79 Å². The van der Waals surface area contributed by atoms with Gasteiger partial charge >= 0.3 is 0 Å². The van der Waals surface area contributed by atoms with Gasteiger partial charge in [0.05, 0.1) is 17.0 Å². The normalized spacial score (nSPS) is 16.6. The highest BCUT2D eigenvalue weighted by molar-refractivity contribution is 5.99. The van der Waals surface area contributed by atoms with Crippen LogP contribution in [-0.2, 0) is 25.7 Å². The maximum Gasteiger partial charge on any atom is 0.167 e. The van der Waals surface area contributed by atoms with Gasteiger partial charge in [-0.1, -0.05) is 57.5 Å². The lowest BCUT2D eigenvalue weighted by Gasteiger charge is -2.27. The quantitative estimate of drug-likeness (QED) is 0.605. The molecule has 30 heavy (non-hydrogen) atoms. The highest BCUT2D eigenvalue weighted by atomic mass is 16.1. The molecule has 5 heteroatoms. The fraction of sp³-hybridized carbons (Fsp3) is 0.480. The van der Waals surface area contributed by atoms with Crippen molar-refractivity contribution in [1.82, 2.24) is 20.4 Å². The first-order valence-corrected chi connectivity index (χ1v) is 11.2. The van der Waals surface area contributed by atoms with Crippen LogP contribution in [0.25, 0.3) is 11.3 Å². The Morgan fingerprint density at radius 2 is 1.77 bits per heavy atom. The van der Waals surface area contributed by atoms with Crippen molar-refractivity contribution in [3.63, 3.8) is 0 Å². The van der Waals surface area contributed by atoms with Crippen molar-refractivity contribution in [3.05, 3.63) is 58.5 Å². The Kier molecular flexibility index (Phi) is 5.89. The van der Waals surface area contributed by atoms with Gasteiger partial charge in [-0.05, 0) is 43.9 Å². The number of unbranched alkanes of at least 4 members (excludes halogenated alkanes) is 1. The summed E-state index contributed by atoms with van der Waals surface area (Å²) < 4.78 is 0. The summed E-state index contributed by atoms with van der Waals surface area (Å²) in [5.41, 5.74) is 8.15. The number of carbonyl (C=O) groups is 1. The SMILES string of the molecule is CCCCc1n[nH]c2c1C(=O)CC(C)(C)C2.c1ccc(-c2n[nH]c3c2CCC3)cc1. The first-order valence-electron chi connectivity index (χ1n) is 11.2. The minimum absolute atomic E-state index is 0.0820. The van der Waals surface area contributed by atoms with Crippen molar-refractivity contribution in [1.29, 1.82) is 0 Å². The number of Topliss-reactive ketones (excluding diaryl/α,β-unsaturated/α-hetero) is 1. The second-order valence-corrected chi connectivity index (χ2v) is 9.32. The molecule has 0 saturated heterocycles. The van der Waals surface area contributed by atoms with Crippen LogP contribution in [0.2, 0.25) is 0 Å². The fourth-order valence-electron chi connectivity index (χ4n) is 4.62. The molecule has 2 aromatic heterocycles. The molecule has 0 spiro atoms. The number of ketones is 1. The van der Waals surface area contributed by atoms with Gasteiger partial charge in [-0.3, -0.25) is 15.0 Å². The van der Waals surface area contributed by atoms with Gasteiger partial charge in [0.15, 0.2) is 5.78 Å². The summed E-state index contributed by atoms with van der Waals surface area (Å²) in [5.74, 6) is 0.270. The lowest BCUT2D eigenvalue weighted by atomic mass is 9.75. The molecule has 0 amide bonds. The van der Waals surface area contributed by atoms with Crippen LogP contribution in [0.3, 0.4) is 0 Å². The number of nitrogens with zero attached hydrogens (tertiary/aromatic N) is 2. The summed E-state index contributed by atoms with van der Waals surface area (Å²) >= 11 is 0. The molecule has 1 aromatic carbocycles. The summed E-state index contributed by atoms with van der Waals surface area (Å²) in [6.45, 7) is 6.44. The summed E-state index contributed by atoms with van der Waals surface area (Å²) in [5, 5.41) is 14.9. The van der Waals surface area contributed by atoms with Crippen LogP contribution in [-0.4, -0.2) is 26.2 Å². The topological polar surface area (TPSA) is 74.4 Å². The molecule has 2 heterocycles. The number of aromatic amines is 2. The van der Waals surface area contributed by atoms with Gasteiger partial charge < -0.3 is 0 Å². The summed E-state index contributed by atoms with van der Waals surface area (Å²) in [6, 6.07) is 10.4. The zero-order chi connectivity index (χ0) is 21.1. The smallest absolute Gasteiger partial charge is 0.167 e. The van der Waals surface area contributed by atoms with Crippen molar-refractivity contribution in [2.24, 2.45) is 5.41 Å². The number of fused-ring (bicyclic) bond motifs is 2. The molecule has 0 bridgehead atoms. The third-order valence-electron chi connectivity index (χ3n) is 6.11. The number of benzene rings is 1. The van der Waals surface area contributed by atoms with Crippen LogP contribution in [0, 0.1) is 5.41 Å². The van der Waals surface area contributed by atoms with Crippen LogP contribution in [0.15, 0.2) is 30.3 Å². The van der Waals surface area contributed by atoms with Gasteiger partial charge in [0.25, 0.3) is 0 Å². The number of hydrogen-bond acceptors (Lipinski definition) is 3. The molecule has 5 rings (SSSR count). The lowest BCUT2D eigenvalue weighted by molar-refractivity contribution is 0.0910. The number of rotatable bonds is 4. The third-order valence-corrected chi connectivity index (χ3v) is 6.11. The predicted octanol–water partition coefficient (Wildman–Crippen LogP) is 5.47. The van der Waals surface area contributed by atoms with E-state index in [1.165, 1.54) is 29.7 Å². The second-order valence-electron chi connectivity index (χ2n) is 9.32. The first-order chi connectivity index (χ1) is 14.5. The maximum atomic E-state index is 12.1. The van der Waals surface area contributed by atoms with Crippen molar-refractivity contribution in [2.45, 2.75) is 72.1 Å². The molecule has 2 N–H and O–H groups in total. The minimum Gasteiger partial charge on any atom is -0.294 e. The summed E-state index contributed by atoms with van der Waals surface area (Å²) in [6.07, 6.45) is 8.37. The molecule has 158 valence electrons. The lowest BCUT2D eigenvalue weighted by Crippen LogP contribution is -2.27. The van der Waals surface area contributed by atoms with Crippen LogP contribution in [0.5, 0.6) is 0 Å². The molecule has 0 saturated carbocycles. The number of carbonyl (C=O) groups excluding carboxylic acids is 1. The van der Waals surface area contributed by atoms with Crippen molar-refractivity contribution < 1.29 is 4.79 Å². The molecular weight excluding hydrogens is 372 g/mol. The molecule has 3 aromatic rings. The molecular formula is C25H32N4O. The Morgan fingerprint density at radius 1 is 1.00 bits per heavy atom. The van der Waals surface area contributed by atoms with E-state index in [1.807, 2.05) is 6.07 Å². The van der Waals surface area contributed by atoms with Gasteiger partial charge in [0.1, 0.15) is 0 Å². The minimum atomic E-state index is 0.0820.